The molecule has 2 rings (SSSR count). The minimum Gasteiger partial charge on any atom is -0.464 e. The first-order valence-electron chi connectivity index (χ1n) is 4.68. The Morgan fingerprint density at radius 1 is 1.29 bits per heavy atom. The van der Waals surface area contributed by atoms with Gasteiger partial charge in [0.15, 0.2) is 0 Å². The fourth-order valence-electron chi connectivity index (χ4n) is 1.53. The molecule has 2 N–H and O–H groups in total. The van der Waals surface area contributed by atoms with Gasteiger partial charge in [-0.2, -0.15) is 0 Å². The van der Waals surface area contributed by atoms with Crippen LogP contribution in [0.5, 0.6) is 0 Å². The highest BCUT2D eigenvalue weighted by molar-refractivity contribution is 5.80. The minimum atomic E-state index is 0.0236. The number of aliphatic hydroxyl groups excluding tert-OH is 1. The molecule has 0 saturated heterocycles. The Morgan fingerprint density at radius 3 is 3.00 bits per heavy atom. The molecule has 74 valence electrons. The second-order valence-corrected chi connectivity index (χ2v) is 3.17. The molecule has 0 amide bonds. The Morgan fingerprint density at radius 2 is 2.14 bits per heavy atom. The molecule has 3 heteroatoms. The van der Waals surface area contributed by atoms with Crippen molar-refractivity contribution in [3.63, 3.8) is 0 Å². The predicted octanol–water partition coefficient (Wildman–Crippen LogP) is 1.51. The molecule has 0 bridgehead atoms. The highest BCUT2D eigenvalue weighted by atomic mass is 16.3. The van der Waals surface area contributed by atoms with Gasteiger partial charge >= 0.3 is 0 Å². The lowest BCUT2D eigenvalue weighted by Crippen LogP contribution is -2.17. The molecule has 2 aromatic rings. The maximum absolute atomic E-state index is 8.57. The number of hydrogen-bond acceptors (Lipinski definition) is 3. The maximum atomic E-state index is 8.57. The molecular weight excluding hydrogens is 178 g/mol. The van der Waals surface area contributed by atoms with Gasteiger partial charge in [0.2, 0.25) is 0 Å². The topological polar surface area (TPSA) is 45.4 Å². The van der Waals surface area contributed by atoms with Gasteiger partial charge in [-0.05, 0) is 18.1 Å². The summed E-state index contributed by atoms with van der Waals surface area (Å²) in [5, 5.41) is 12.6. The van der Waals surface area contributed by atoms with Crippen LogP contribution in [0.4, 0.5) is 0 Å². The van der Waals surface area contributed by atoms with Crippen molar-refractivity contribution in [2.24, 2.45) is 0 Å². The number of benzene rings is 1. The number of furan rings is 1. The number of rotatable bonds is 4. The summed E-state index contributed by atoms with van der Waals surface area (Å²) in [6.45, 7) is 0.788. The van der Waals surface area contributed by atoms with E-state index in [9.17, 15) is 0 Å². The first-order valence-corrected chi connectivity index (χ1v) is 4.68. The van der Waals surface area contributed by atoms with Crippen molar-refractivity contribution in [1.82, 2.24) is 5.32 Å². The third kappa shape index (κ3) is 1.78. The van der Waals surface area contributed by atoms with E-state index in [1.165, 1.54) is 5.56 Å². The summed E-state index contributed by atoms with van der Waals surface area (Å²) < 4.78 is 5.39. The molecule has 1 heterocycles. The molecule has 3 nitrogen and oxygen atoms in total. The van der Waals surface area contributed by atoms with Gasteiger partial charge in [-0.25, -0.2) is 0 Å². The lowest BCUT2D eigenvalue weighted by Gasteiger charge is -1.98. The standard InChI is InChI=1S/C11H13NO2/c13-8-12-6-5-9-7-14-11-4-2-1-3-10(9)11/h1-4,7,12-13H,5-6,8H2. The van der Waals surface area contributed by atoms with Crippen LogP contribution in [0.25, 0.3) is 11.0 Å². The van der Waals surface area contributed by atoms with E-state index in [1.54, 1.807) is 6.26 Å². The summed E-state index contributed by atoms with van der Waals surface area (Å²) in [4.78, 5) is 0. The Labute approximate surface area is 82.3 Å². The molecule has 0 atom stereocenters. The van der Waals surface area contributed by atoms with Crippen LogP contribution in [0.2, 0.25) is 0 Å². The first kappa shape index (κ1) is 9.24. The van der Waals surface area contributed by atoms with Crippen LogP contribution in [0.15, 0.2) is 34.9 Å². The van der Waals surface area contributed by atoms with E-state index in [0.29, 0.717) is 0 Å². The number of nitrogens with one attached hydrogen (secondary N) is 1. The number of fused-ring (bicyclic) bond motifs is 1. The monoisotopic (exact) mass is 191 g/mol. The van der Waals surface area contributed by atoms with Gasteiger partial charge in [-0.1, -0.05) is 18.2 Å². The third-order valence-electron chi connectivity index (χ3n) is 2.24. The van der Waals surface area contributed by atoms with Gasteiger partial charge < -0.3 is 9.52 Å². The van der Waals surface area contributed by atoms with Crippen molar-refractivity contribution in [2.45, 2.75) is 6.42 Å². The zero-order valence-electron chi connectivity index (χ0n) is 7.86. The van der Waals surface area contributed by atoms with Crippen molar-refractivity contribution >= 4 is 11.0 Å². The van der Waals surface area contributed by atoms with Crippen LogP contribution in [0.1, 0.15) is 5.56 Å². The van der Waals surface area contributed by atoms with E-state index in [-0.39, 0.29) is 6.73 Å². The fraction of sp³-hybridized carbons (Fsp3) is 0.273. The average molecular weight is 191 g/mol. The summed E-state index contributed by atoms with van der Waals surface area (Å²) in [6.07, 6.45) is 2.65. The van der Waals surface area contributed by atoms with Crippen LogP contribution in [0.3, 0.4) is 0 Å². The van der Waals surface area contributed by atoms with Gasteiger partial charge in [0, 0.05) is 11.9 Å². The second-order valence-electron chi connectivity index (χ2n) is 3.17. The third-order valence-corrected chi connectivity index (χ3v) is 2.24. The normalized spacial score (nSPS) is 10.9. The van der Waals surface area contributed by atoms with Crippen LogP contribution < -0.4 is 5.32 Å². The van der Waals surface area contributed by atoms with Gasteiger partial charge in [-0.3, -0.25) is 5.32 Å². The molecule has 0 radical (unpaired) electrons. The molecule has 1 aromatic carbocycles. The summed E-state index contributed by atoms with van der Waals surface area (Å²) in [7, 11) is 0. The minimum absolute atomic E-state index is 0.0236. The molecule has 14 heavy (non-hydrogen) atoms. The van der Waals surface area contributed by atoms with Gasteiger partial charge in [-0.15, -0.1) is 0 Å². The smallest absolute Gasteiger partial charge is 0.134 e. The van der Waals surface area contributed by atoms with E-state index < -0.39 is 0 Å². The summed E-state index contributed by atoms with van der Waals surface area (Å²) >= 11 is 0. The van der Waals surface area contributed by atoms with Crippen molar-refractivity contribution in [1.29, 1.82) is 0 Å². The largest absolute Gasteiger partial charge is 0.464 e. The lowest BCUT2D eigenvalue weighted by molar-refractivity contribution is 0.262. The highest BCUT2D eigenvalue weighted by Crippen LogP contribution is 2.20. The first-order chi connectivity index (χ1) is 6.92. The average Bonchev–Trinajstić information content (AvgIpc) is 2.63. The zero-order chi connectivity index (χ0) is 9.80. The molecule has 0 aliphatic heterocycles. The molecule has 0 fully saturated rings. The van der Waals surface area contributed by atoms with Crippen molar-refractivity contribution < 1.29 is 9.52 Å². The van der Waals surface area contributed by atoms with Crippen LogP contribution in [-0.4, -0.2) is 18.4 Å². The molecular formula is C11H13NO2. The maximum Gasteiger partial charge on any atom is 0.134 e. The van der Waals surface area contributed by atoms with Crippen LogP contribution in [0, 0.1) is 0 Å². The summed E-state index contributed by atoms with van der Waals surface area (Å²) in [5.41, 5.74) is 2.10. The molecule has 0 unspecified atom stereocenters. The SMILES string of the molecule is OCNCCc1coc2ccccc12. The number of hydrogen-bond donors (Lipinski definition) is 2. The Hall–Kier alpha value is -1.32. The second kappa shape index (κ2) is 4.26. The Bertz CT molecular complexity index is 408. The van der Waals surface area contributed by atoms with E-state index >= 15 is 0 Å². The number of aliphatic hydroxyl groups is 1. The Kier molecular flexibility index (Phi) is 2.81. The van der Waals surface area contributed by atoms with Crippen molar-refractivity contribution in [2.75, 3.05) is 13.3 Å². The van der Waals surface area contributed by atoms with Crippen LogP contribution in [-0.2, 0) is 6.42 Å². The molecule has 0 spiro atoms. The predicted molar refractivity (Wildman–Crippen MR) is 55.0 cm³/mol. The van der Waals surface area contributed by atoms with Crippen LogP contribution >= 0.6 is 0 Å². The van der Waals surface area contributed by atoms with E-state index in [2.05, 4.69) is 5.32 Å². The van der Waals surface area contributed by atoms with E-state index in [0.717, 1.165) is 23.9 Å². The summed E-state index contributed by atoms with van der Waals surface area (Å²) in [6, 6.07) is 7.97. The van der Waals surface area contributed by atoms with Crippen molar-refractivity contribution in [3.8, 4) is 0 Å². The highest BCUT2D eigenvalue weighted by Gasteiger charge is 2.03. The summed E-state index contributed by atoms with van der Waals surface area (Å²) in [5.74, 6) is 0. The molecule has 0 aliphatic carbocycles. The van der Waals surface area contributed by atoms with E-state index in [1.807, 2.05) is 24.3 Å². The Balaban J connectivity index is 2.17. The molecule has 0 saturated carbocycles. The number of para-hydroxylation sites is 1. The lowest BCUT2D eigenvalue weighted by atomic mass is 10.1. The van der Waals surface area contributed by atoms with E-state index in [4.69, 9.17) is 9.52 Å². The quantitative estimate of drug-likeness (QED) is 0.569. The molecule has 0 aliphatic rings. The zero-order valence-corrected chi connectivity index (χ0v) is 7.86. The fourth-order valence-corrected chi connectivity index (χ4v) is 1.53. The van der Waals surface area contributed by atoms with Crippen molar-refractivity contribution in [3.05, 3.63) is 36.1 Å². The van der Waals surface area contributed by atoms with Gasteiger partial charge in [0.25, 0.3) is 0 Å². The van der Waals surface area contributed by atoms with Gasteiger partial charge in [0.1, 0.15) is 5.58 Å². The van der Waals surface area contributed by atoms with Gasteiger partial charge in [0.05, 0.1) is 13.0 Å². The molecule has 1 aromatic heterocycles.